The third kappa shape index (κ3) is 5.35. The van der Waals surface area contributed by atoms with Gasteiger partial charge in [-0.3, -0.25) is 4.79 Å². The Hall–Kier alpha value is -2.28. The minimum absolute atomic E-state index is 0.0438. The molecule has 3 amide bonds. The second-order valence-electron chi connectivity index (χ2n) is 6.04. The first-order valence-corrected chi connectivity index (χ1v) is 8.64. The van der Waals surface area contributed by atoms with Crippen LogP contribution in [0.4, 0.5) is 10.5 Å². The van der Waals surface area contributed by atoms with E-state index in [0.29, 0.717) is 32.0 Å². The van der Waals surface area contributed by atoms with E-state index in [2.05, 4.69) is 5.32 Å². The molecular weight excluding hydrogens is 322 g/mol. The van der Waals surface area contributed by atoms with Crippen LogP contribution in [0.25, 0.3) is 0 Å². The van der Waals surface area contributed by atoms with Crippen LogP contribution in [0, 0.1) is 0 Å². The summed E-state index contributed by atoms with van der Waals surface area (Å²) in [7, 11) is 1.59. The summed E-state index contributed by atoms with van der Waals surface area (Å²) in [6, 6.07) is 7.13. The van der Waals surface area contributed by atoms with Crippen molar-refractivity contribution in [1.82, 2.24) is 10.2 Å². The Morgan fingerprint density at radius 2 is 2.16 bits per heavy atom. The average molecular weight is 349 g/mol. The van der Waals surface area contributed by atoms with Crippen molar-refractivity contribution < 1.29 is 19.1 Å². The van der Waals surface area contributed by atoms with Crippen molar-refractivity contribution in [3.63, 3.8) is 0 Å². The summed E-state index contributed by atoms with van der Waals surface area (Å²) in [6.45, 7) is 6.08. The number of methoxy groups -OCH3 is 1. The summed E-state index contributed by atoms with van der Waals surface area (Å²) >= 11 is 0. The van der Waals surface area contributed by atoms with E-state index >= 15 is 0 Å². The number of rotatable bonds is 7. The standard InChI is InChI=1S/C18H27N3O4/c1-4-10-25-14(2)12-19-18(23)20-8-9-21(17(22)13-20)15-6-5-7-16(11-15)24-3/h5-7,11,14H,4,8-10,12-13H2,1-3H3,(H,19,23). The molecule has 1 N–H and O–H groups in total. The average Bonchev–Trinajstić information content (AvgIpc) is 2.64. The number of urea groups is 1. The predicted octanol–water partition coefficient (Wildman–Crippen LogP) is 1.87. The molecule has 1 aliphatic rings. The molecule has 7 heteroatoms. The Morgan fingerprint density at radius 1 is 1.36 bits per heavy atom. The van der Waals surface area contributed by atoms with Crippen molar-refractivity contribution in [3.8, 4) is 5.75 Å². The monoisotopic (exact) mass is 349 g/mol. The van der Waals surface area contributed by atoms with Crippen molar-refractivity contribution >= 4 is 17.6 Å². The highest BCUT2D eigenvalue weighted by molar-refractivity contribution is 5.97. The quantitative estimate of drug-likeness (QED) is 0.816. The number of anilines is 1. The first-order chi connectivity index (χ1) is 12.0. The molecule has 1 aromatic carbocycles. The van der Waals surface area contributed by atoms with E-state index in [0.717, 1.165) is 12.1 Å². The van der Waals surface area contributed by atoms with E-state index in [1.165, 1.54) is 4.90 Å². The van der Waals surface area contributed by atoms with E-state index in [1.807, 2.05) is 38.1 Å². The third-order valence-electron chi connectivity index (χ3n) is 4.02. The zero-order valence-corrected chi connectivity index (χ0v) is 15.2. The summed E-state index contributed by atoms with van der Waals surface area (Å²) < 4.78 is 10.7. The highest BCUT2D eigenvalue weighted by Gasteiger charge is 2.28. The number of hydrogen-bond donors (Lipinski definition) is 1. The molecule has 1 aliphatic heterocycles. The highest BCUT2D eigenvalue weighted by Crippen LogP contribution is 2.22. The van der Waals surface area contributed by atoms with E-state index < -0.39 is 0 Å². The Morgan fingerprint density at radius 3 is 2.84 bits per heavy atom. The van der Waals surface area contributed by atoms with Crippen molar-refractivity contribution in [3.05, 3.63) is 24.3 Å². The van der Waals surface area contributed by atoms with Gasteiger partial charge in [0.25, 0.3) is 0 Å². The maximum Gasteiger partial charge on any atom is 0.318 e. The molecular formula is C18H27N3O4. The van der Waals surface area contributed by atoms with E-state index in [4.69, 9.17) is 9.47 Å². The lowest BCUT2D eigenvalue weighted by Gasteiger charge is -2.34. The van der Waals surface area contributed by atoms with Gasteiger partial charge in [0.05, 0.1) is 13.2 Å². The summed E-state index contributed by atoms with van der Waals surface area (Å²) in [5.74, 6) is 0.594. The number of ether oxygens (including phenoxy) is 2. The minimum Gasteiger partial charge on any atom is -0.497 e. The molecule has 1 unspecified atom stereocenters. The van der Waals surface area contributed by atoms with Gasteiger partial charge in [-0.15, -0.1) is 0 Å². The molecule has 1 aromatic rings. The van der Waals surface area contributed by atoms with Crippen LogP contribution >= 0.6 is 0 Å². The SMILES string of the molecule is CCCOC(C)CNC(=O)N1CCN(c2cccc(OC)c2)C(=O)C1. The first kappa shape index (κ1) is 19.1. The molecule has 1 heterocycles. The number of carbonyl (C=O) groups is 2. The summed E-state index contributed by atoms with van der Waals surface area (Å²) in [6.07, 6.45) is 0.900. The van der Waals surface area contributed by atoms with Gasteiger partial charge < -0.3 is 24.6 Å². The zero-order valence-electron chi connectivity index (χ0n) is 15.2. The maximum absolute atomic E-state index is 12.4. The minimum atomic E-state index is -0.231. The number of piperazine rings is 1. The number of hydrogen-bond acceptors (Lipinski definition) is 4. The van der Waals surface area contributed by atoms with Crippen LogP contribution in [0.1, 0.15) is 20.3 Å². The molecule has 0 radical (unpaired) electrons. The molecule has 0 saturated carbocycles. The van der Waals surface area contributed by atoms with Gasteiger partial charge in [-0.25, -0.2) is 4.79 Å². The summed E-state index contributed by atoms with van der Waals surface area (Å²) in [5.41, 5.74) is 0.783. The smallest absolute Gasteiger partial charge is 0.318 e. The van der Waals surface area contributed by atoms with Crippen molar-refractivity contribution in [2.24, 2.45) is 0 Å². The fourth-order valence-electron chi connectivity index (χ4n) is 2.62. The number of benzene rings is 1. The van der Waals surface area contributed by atoms with Crippen LogP contribution in [0.3, 0.4) is 0 Å². The van der Waals surface area contributed by atoms with Gasteiger partial charge in [-0.05, 0) is 25.5 Å². The maximum atomic E-state index is 12.4. The van der Waals surface area contributed by atoms with Gasteiger partial charge in [0.15, 0.2) is 0 Å². The third-order valence-corrected chi connectivity index (χ3v) is 4.02. The topological polar surface area (TPSA) is 71.1 Å². The second-order valence-corrected chi connectivity index (χ2v) is 6.04. The molecule has 1 atom stereocenters. The van der Waals surface area contributed by atoms with E-state index in [9.17, 15) is 9.59 Å². The molecule has 0 bridgehead atoms. The van der Waals surface area contributed by atoms with Gasteiger partial charge in [-0.2, -0.15) is 0 Å². The van der Waals surface area contributed by atoms with Crippen molar-refractivity contribution in [2.45, 2.75) is 26.4 Å². The number of carbonyl (C=O) groups excluding carboxylic acids is 2. The van der Waals surface area contributed by atoms with Crippen LogP contribution in [-0.4, -0.2) is 62.8 Å². The molecule has 0 aromatic heterocycles. The number of nitrogens with one attached hydrogen (secondary N) is 1. The van der Waals surface area contributed by atoms with Crippen molar-refractivity contribution in [2.75, 3.05) is 44.8 Å². The Balaban J connectivity index is 1.86. The predicted molar refractivity (Wildman–Crippen MR) is 96.0 cm³/mol. The van der Waals surface area contributed by atoms with Gasteiger partial charge >= 0.3 is 6.03 Å². The van der Waals surface area contributed by atoms with Crippen LogP contribution in [0.15, 0.2) is 24.3 Å². The number of nitrogens with zero attached hydrogens (tertiary/aromatic N) is 2. The molecule has 138 valence electrons. The number of amides is 3. The van der Waals surface area contributed by atoms with Crippen LogP contribution in [-0.2, 0) is 9.53 Å². The first-order valence-electron chi connectivity index (χ1n) is 8.64. The highest BCUT2D eigenvalue weighted by atomic mass is 16.5. The second kappa shape index (κ2) is 9.27. The normalized spacial score (nSPS) is 15.9. The van der Waals surface area contributed by atoms with Gasteiger partial charge in [0.2, 0.25) is 5.91 Å². The van der Waals surface area contributed by atoms with Gasteiger partial charge in [0.1, 0.15) is 12.3 Å². The fraction of sp³-hybridized carbons (Fsp3) is 0.556. The van der Waals surface area contributed by atoms with Crippen LogP contribution in [0.5, 0.6) is 5.75 Å². The molecule has 25 heavy (non-hydrogen) atoms. The zero-order chi connectivity index (χ0) is 18.2. The lowest BCUT2D eigenvalue weighted by atomic mass is 10.2. The summed E-state index contributed by atoms with van der Waals surface area (Å²) in [5, 5.41) is 2.83. The molecule has 0 spiro atoms. The largest absolute Gasteiger partial charge is 0.497 e. The van der Waals surface area contributed by atoms with Crippen molar-refractivity contribution in [1.29, 1.82) is 0 Å². The Labute approximate surface area is 148 Å². The molecule has 1 saturated heterocycles. The Kier molecular flexibility index (Phi) is 7.06. The lowest BCUT2D eigenvalue weighted by Crippen LogP contribution is -2.55. The van der Waals surface area contributed by atoms with Crippen LogP contribution in [0.2, 0.25) is 0 Å². The van der Waals surface area contributed by atoms with E-state index in [1.54, 1.807) is 12.0 Å². The molecule has 7 nitrogen and oxygen atoms in total. The molecule has 0 aliphatic carbocycles. The molecule has 2 rings (SSSR count). The van der Waals surface area contributed by atoms with E-state index in [-0.39, 0.29) is 24.6 Å². The fourth-order valence-corrected chi connectivity index (χ4v) is 2.62. The van der Waals surface area contributed by atoms with Gasteiger partial charge in [-0.1, -0.05) is 13.0 Å². The lowest BCUT2D eigenvalue weighted by molar-refractivity contribution is -0.120. The summed E-state index contributed by atoms with van der Waals surface area (Å²) in [4.78, 5) is 27.9. The molecule has 1 fully saturated rings. The Bertz CT molecular complexity index is 593. The van der Waals surface area contributed by atoms with Crippen LogP contribution < -0.4 is 15.0 Å². The van der Waals surface area contributed by atoms with Gasteiger partial charge in [0, 0.05) is 38.0 Å².